The van der Waals surface area contributed by atoms with Crippen molar-refractivity contribution in [3.63, 3.8) is 0 Å². The molecular formula is C13H14F2N2O3. The quantitative estimate of drug-likeness (QED) is 0.889. The van der Waals surface area contributed by atoms with Crippen LogP contribution in [0.3, 0.4) is 0 Å². The summed E-state index contributed by atoms with van der Waals surface area (Å²) in [6.07, 6.45) is 0. The van der Waals surface area contributed by atoms with Gasteiger partial charge in [0.05, 0.1) is 24.3 Å². The van der Waals surface area contributed by atoms with Crippen LogP contribution in [0.25, 0.3) is 0 Å². The van der Waals surface area contributed by atoms with Crippen LogP contribution in [-0.4, -0.2) is 30.7 Å². The van der Waals surface area contributed by atoms with Crippen LogP contribution in [0.4, 0.5) is 8.78 Å². The molecule has 20 heavy (non-hydrogen) atoms. The molecule has 0 aliphatic carbocycles. The maximum atomic E-state index is 12.3. The molecule has 5 nitrogen and oxygen atoms in total. The van der Waals surface area contributed by atoms with Crippen LogP contribution in [0, 0.1) is 0 Å². The molecule has 1 amide bonds. The van der Waals surface area contributed by atoms with Gasteiger partial charge >= 0.3 is 6.61 Å². The molecule has 108 valence electrons. The zero-order chi connectivity index (χ0) is 14.5. The number of hydrogen-bond donors (Lipinski definition) is 1. The van der Waals surface area contributed by atoms with Crippen LogP contribution < -0.4 is 10.1 Å². The molecule has 0 bridgehead atoms. The molecule has 1 saturated heterocycles. The van der Waals surface area contributed by atoms with Crippen LogP contribution >= 0.6 is 0 Å². The smallest absolute Gasteiger partial charge is 0.388 e. The van der Waals surface area contributed by atoms with Crippen LogP contribution in [0.15, 0.2) is 12.1 Å². The highest BCUT2D eigenvalue weighted by molar-refractivity contribution is 5.90. The van der Waals surface area contributed by atoms with Gasteiger partial charge in [-0.15, -0.1) is 0 Å². The van der Waals surface area contributed by atoms with Gasteiger partial charge in [-0.1, -0.05) is 0 Å². The highest BCUT2D eigenvalue weighted by atomic mass is 19.3. The van der Waals surface area contributed by atoms with Crippen molar-refractivity contribution in [1.82, 2.24) is 10.3 Å². The molecule has 1 aromatic rings. The molecule has 0 radical (unpaired) electrons. The van der Waals surface area contributed by atoms with Gasteiger partial charge in [-0.25, -0.2) is 4.98 Å². The number of carbonyl (C=O) groups excluding carboxylic acids is 1. The summed E-state index contributed by atoms with van der Waals surface area (Å²) >= 11 is 0. The van der Waals surface area contributed by atoms with Gasteiger partial charge in [0, 0.05) is 11.6 Å². The van der Waals surface area contributed by atoms with Gasteiger partial charge in [-0.2, -0.15) is 8.78 Å². The zero-order valence-corrected chi connectivity index (χ0v) is 11.1. The van der Waals surface area contributed by atoms with Crippen molar-refractivity contribution >= 4 is 5.91 Å². The van der Waals surface area contributed by atoms with Crippen LogP contribution in [-0.2, 0) is 20.5 Å². The van der Waals surface area contributed by atoms with E-state index in [0.29, 0.717) is 18.9 Å². The fraction of sp³-hybridized carbons (Fsp3) is 0.538. The molecule has 0 saturated carbocycles. The van der Waals surface area contributed by atoms with E-state index in [-0.39, 0.29) is 11.8 Å². The van der Waals surface area contributed by atoms with Gasteiger partial charge in [-0.3, -0.25) is 4.79 Å². The topological polar surface area (TPSA) is 60.5 Å². The molecular weight excluding hydrogens is 270 g/mol. The summed E-state index contributed by atoms with van der Waals surface area (Å²) in [6, 6.07) is 3.06. The summed E-state index contributed by atoms with van der Waals surface area (Å²) in [5.74, 6) is -0.382. The average molecular weight is 284 g/mol. The Kier molecular flexibility index (Phi) is 2.72. The Balaban J connectivity index is 2.10. The number of hydrogen-bond acceptors (Lipinski definition) is 4. The molecule has 1 spiro atoms. The van der Waals surface area contributed by atoms with Crippen molar-refractivity contribution in [1.29, 1.82) is 0 Å². The number of fused-ring (bicyclic) bond motifs is 2. The van der Waals surface area contributed by atoms with E-state index >= 15 is 0 Å². The van der Waals surface area contributed by atoms with Crippen molar-refractivity contribution in [2.75, 3.05) is 13.2 Å². The number of nitrogens with one attached hydrogen (secondary N) is 1. The number of nitrogens with zero attached hydrogens (tertiary/aromatic N) is 1. The fourth-order valence-corrected chi connectivity index (χ4v) is 2.54. The Morgan fingerprint density at radius 1 is 1.40 bits per heavy atom. The number of alkyl halides is 2. The number of pyridine rings is 1. The monoisotopic (exact) mass is 284 g/mol. The van der Waals surface area contributed by atoms with Crippen LogP contribution in [0.5, 0.6) is 5.88 Å². The maximum Gasteiger partial charge on any atom is 0.388 e. The van der Waals surface area contributed by atoms with Crippen molar-refractivity contribution in [2.24, 2.45) is 0 Å². The molecule has 3 rings (SSSR count). The second kappa shape index (κ2) is 4.12. The van der Waals surface area contributed by atoms with Gasteiger partial charge in [-0.05, 0) is 19.9 Å². The summed E-state index contributed by atoms with van der Waals surface area (Å²) in [5.41, 5.74) is -0.228. The highest BCUT2D eigenvalue weighted by Crippen LogP contribution is 2.41. The van der Waals surface area contributed by atoms with Crippen LogP contribution in [0.2, 0.25) is 0 Å². The predicted octanol–water partition coefficient (Wildman–Crippen LogP) is 1.32. The third kappa shape index (κ3) is 1.76. The third-order valence-corrected chi connectivity index (χ3v) is 3.80. The Morgan fingerprint density at radius 2 is 2.10 bits per heavy atom. The lowest BCUT2D eigenvalue weighted by Crippen LogP contribution is -2.66. The molecule has 2 aliphatic heterocycles. The van der Waals surface area contributed by atoms with Gasteiger partial charge < -0.3 is 14.8 Å². The lowest BCUT2D eigenvalue weighted by Gasteiger charge is -2.49. The first-order valence-corrected chi connectivity index (χ1v) is 6.22. The number of aromatic nitrogens is 1. The van der Waals surface area contributed by atoms with Crippen molar-refractivity contribution < 1.29 is 23.0 Å². The predicted molar refractivity (Wildman–Crippen MR) is 64.5 cm³/mol. The average Bonchev–Trinajstić information content (AvgIpc) is 2.31. The normalized spacial score (nSPS) is 22.1. The Bertz CT molecular complexity index is 571. The first-order chi connectivity index (χ1) is 9.35. The van der Waals surface area contributed by atoms with E-state index in [1.807, 2.05) is 0 Å². The number of amides is 1. The standard InChI is InChI=1S/C13H14F2N2O3/c1-12(2)9-7(3-4-8(16-9)20-11(14)15)13(5-19-6-13)17-10(12)18/h3-4,11H,5-6H2,1-2H3,(H,17,18). The number of rotatable bonds is 2. The van der Waals surface area contributed by atoms with E-state index in [9.17, 15) is 13.6 Å². The molecule has 3 heterocycles. The second-order valence-electron chi connectivity index (χ2n) is 5.58. The lowest BCUT2D eigenvalue weighted by atomic mass is 9.73. The zero-order valence-electron chi connectivity index (χ0n) is 11.1. The minimum absolute atomic E-state index is 0.183. The summed E-state index contributed by atoms with van der Waals surface area (Å²) < 4.78 is 34.1. The molecule has 1 N–H and O–H groups in total. The second-order valence-corrected chi connectivity index (χ2v) is 5.58. The van der Waals surface area contributed by atoms with Gasteiger partial charge in [0.2, 0.25) is 11.8 Å². The van der Waals surface area contributed by atoms with E-state index in [1.54, 1.807) is 19.9 Å². The summed E-state index contributed by atoms with van der Waals surface area (Å²) in [4.78, 5) is 16.3. The van der Waals surface area contributed by atoms with Crippen LogP contribution in [0.1, 0.15) is 25.1 Å². The first kappa shape index (κ1) is 13.2. The summed E-state index contributed by atoms with van der Waals surface area (Å²) in [6.45, 7) is 1.18. The van der Waals surface area contributed by atoms with E-state index in [1.165, 1.54) is 6.07 Å². The van der Waals surface area contributed by atoms with Crippen molar-refractivity contribution in [3.05, 3.63) is 23.4 Å². The van der Waals surface area contributed by atoms with Crippen molar-refractivity contribution in [2.45, 2.75) is 31.4 Å². The fourth-order valence-electron chi connectivity index (χ4n) is 2.54. The summed E-state index contributed by atoms with van der Waals surface area (Å²) in [5, 5.41) is 2.94. The molecule has 0 atom stereocenters. The minimum Gasteiger partial charge on any atom is -0.417 e. The Hall–Kier alpha value is -1.76. The largest absolute Gasteiger partial charge is 0.417 e. The van der Waals surface area contributed by atoms with E-state index < -0.39 is 17.6 Å². The summed E-state index contributed by atoms with van der Waals surface area (Å²) in [7, 11) is 0. The van der Waals surface area contributed by atoms with Crippen molar-refractivity contribution in [3.8, 4) is 5.88 Å². The first-order valence-electron chi connectivity index (χ1n) is 6.22. The van der Waals surface area contributed by atoms with E-state index in [4.69, 9.17) is 4.74 Å². The Morgan fingerprint density at radius 3 is 2.65 bits per heavy atom. The molecule has 0 unspecified atom stereocenters. The molecule has 7 heteroatoms. The lowest BCUT2D eigenvalue weighted by molar-refractivity contribution is -0.141. The maximum absolute atomic E-state index is 12.3. The number of halogens is 2. The van der Waals surface area contributed by atoms with E-state index in [2.05, 4.69) is 15.0 Å². The molecule has 0 aromatic carbocycles. The molecule has 1 aromatic heterocycles. The third-order valence-electron chi connectivity index (χ3n) is 3.80. The molecule has 2 aliphatic rings. The number of ether oxygens (including phenoxy) is 2. The molecule has 1 fully saturated rings. The number of carbonyl (C=O) groups is 1. The van der Waals surface area contributed by atoms with Gasteiger partial charge in [0.25, 0.3) is 0 Å². The Labute approximate surface area is 114 Å². The highest BCUT2D eigenvalue weighted by Gasteiger charge is 2.52. The minimum atomic E-state index is -2.94. The SMILES string of the molecule is CC1(C)C(=O)NC2(COC2)c2ccc(OC(F)F)nc21. The van der Waals surface area contributed by atoms with E-state index in [0.717, 1.165) is 5.56 Å². The van der Waals surface area contributed by atoms with Gasteiger partial charge in [0.15, 0.2) is 0 Å². The van der Waals surface area contributed by atoms with Gasteiger partial charge in [0.1, 0.15) is 5.54 Å².